The predicted molar refractivity (Wildman–Crippen MR) is 87.5 cm³/mol. The molecule has 1 aromatic carbocycles. The number of nitrogens with one attached hydrogen (secondary N) is 1. The van der Waals surface area contributed by atoms with Crippen LogP contribution in [0.15, 0.2) is 35.6 Å². The van der Waals surface area contributed by atoms with Crippen LogP contribution in [0, 0.1) is 6.92 Å². The van der Waals surface area contributed by atoms with E-state index in [1.807, 2.05) is 37.4 Å². The smallest absolute Gasteiger partial charge is 0.270 e. The highest BCUT2D eigenvalue weighted by atomic mass is 16.6. The number of hydrogen-bond acceptors (Lipinski definition) is 5. The average Bonchev–Trinajstić information content (AvgIpc) is 2.94. The second-order valence-electron chi connectivity index (χ2n) is 4.89. The first kappa shape index (κ1) is 16.5. The summed E-state index contributed by atoms with van der Waals surface area (Å²) in [7, 11) is 4.58. The van der Waals surface area contributed by atoms with Crippen LogP contribution in [-0.4, -0.2) is 42.7 Å². The van der Waals surface area contributed by atoms with E-state index in [1.165, 1.54) is 7.11 Å². The van der Waals surface area contributed by atoms with Crippen molar-refractivity contribution in [2.75, 3.05) is 21.3 Å². The van der Waals surface area contributed by atoms with Crippen molar-refractivity contribution < 1.29 is 14.4 Å². The molecule has 2 aromatic rings. The van der Waals surface area contributed by atoms with Crippen LogP contribution in [0.4, 0.5) is 0 Å². The minimum absolute atomic E-state index is 0.227. The zero-order valence-electron chi connectivity index (χ0n) is 13.7. The molecule has 1 N–H and O–H groups in total. The number of aryl methyl sites for hydroxylation is 1. The highest BCUT2D eigenvalue weighted by Crippen LogP contribution is 2.23. The van der Waals surface area contributed by atoms with Crippen LogP contribution >= 0.6 is 0 Å². The maximum absolute atomic E-state index is 11.8. The number of ether oxygens (including phenoxy) is 1. The Balaban J connectivity index is 2.26. The molecule has 122 valence electrons. The summed E-state index contributed by atoms with van der Waals surface area (Å²) in [5.74, 6) is 0.492. The number of carbonyl (C=O) groups excluding carboxylic acids is 1. The predicted octanol–water partition coefficient (Wildman–Crippen LogP) is 1.62. The lowest BCUT2D eigenvalue weighted by atomic mass is 10.1. The largest absolute Gasteiger partial charge is 0.497 e. The van der Waals surface area contributed by atoms with Crippen LogP contribution < -0.4 is 10.1 Å². The second-order valence-corrected chi connectivity index (χ2v) is 4.89. The molecule has 0 unspecified atom stereocenters. The lowest BCUT2D eigenvalue weighted by Crippen LogP contribution is -2.31. The van der Waals surface area contributed by atoms with E-state index >= 15 is 0 Å². The van der Waals surface area contributed by atoms with Crippen molar-refractivity contribution in [1.29, 1.82) is 0 Å². The molecule has 7 nitrogen and oxygen atoms in total. The number of rotatable bonds is 6. The third-order valence-corrected chi connectivity index (χ3v) is 3.31. The Labute approximate surface area is 134 Å². The maximum atomic E-state index is 11.8. The summed E-state index contributed by atoms with van der Waals surface area (Å²) < 4.78 is 6.83. The van der Waals surface area contributed by atoms with Crippen molar-refractivity contribution in [3.63, 3.8) is 0 Å². The summed E-state index contributed by atoms with van der Waals surface area (Å²) in [5.41, 5.74) is 3.08. The SMILES string of the molecule is CNC(=O)/C(Cn1cc(C)c(-c2ccc(OC)cc2)n1)=N\OC. The van der Waals surface area contributed by atoms with Crippen molar-refractivity contribution in [1.82, 2.24) is 15.1 Å². The van der Waals surface area contributed by atoms with E-state index in [4.69, 9.17) is 9.57 Å². The fourth-order valence-electron chi connectivity index (χ4n) is 2.19. The molecule has 1 amide bonds. The number of nitrogens with zero attached hydrogens (tertiary/aromatic N) is 3. The lowest BCUT2D eigenvalue weighted by molar-refractivity contribution is -0.114. The molecule has 0 aliphatic carbocycles. The molecule has 0 saturated carbocycles. The molecule has 0 fully saturated rings. The van der Waals surface area contributed by atoms with Gasteiger partial charge in [-0.1, -0.05) is 5.16 Å². The van der Waals surface area contributed by atoms with Gasteiger partial charge in [-0.25, -0.2) is 0 Å². The zero-order chi connectivity index (χ0) is 16.8. The number of amides is 1. The van der Waals surface area contributed by atoms with Gasteiger partial charge in [-0.15, -0.1) is 0 Å². The topological polar surface area (TPSA) is 77.7 Å². The second kappa shape index (κ2) is 7.44. The van der Waals surface area contributed by atoms with Gasteiger partial charge in [-0.3, -0.25) is 9.48 Å². The number of aromatic nitrogens is 2. The van der Waals surface area contributed by atoms with Gasteiger partial charge in [-0.2, -0.15) is 5.10 Å². The highest BCUT2D eigenvalue weighted by Gasteiger charge is 2.14. The minimum atomic E-state index is -0.300. The molecular weight excluding hydrogens is 296 g/mol. The number of methoxy groups -OCH3 is 1. The van der Waals surface area contributed by atoms with Crippen LogP contribution in [0.5, 0.6) is 5.75 Å². The van der Waals surface area contributed by atoms with Crippen LogP contribution in [-0.2, 0) is 16.2 Å². The van der Waals surface area contributed by atoms with Gasteiger partial charge < -0.3 is 14.9 Å². The number of carbonyl (C=O) groups is 1. The molecule has 1 heterocycles. The van der Waals surface area contributed by atoms with Crippen molar-refractivity contribution >= 4 is 11.6 Å². The summed E-state index contributed by atoms with van der Waals surface area (Å²) in [6, 6.07) is 7.66. The Morgan fingerprint density at radius 3 is 2.57 bits per heavy atom. The summed E-state index contributed by atoms with van der Waals surface area (Å²) in [5, 5.41) is 10.8. The Hall–Kier alpha value is -2.83. The van der Waals surface area contributed by atoms with E-state index in [2.05, 4.69) is 15.6 Å². The molecule has 0 aliphatic rings. The highest BCUT2D eigenvalue weighted by molar-refractivity contribution is 6.38. The number of hydrogen-bond donors (Lipinski definition) is 1. The average molecular weight is 316 g/mol. The molecule has 2 rings (SSSR count). The molecule has 0 radical (unpaired) electrons. The first-order chi connectivity index (χ1) is 11.1. The van der Waals surface area contributed by atoms with Crippen molar-refractivity contribution in [2.45, 2.75) is 13.5 Å². The van der Waals surface area contributed by atoms with E-state index in [0.29, 0.717) is 0 Å². The van der Waals surface area contributed by atoms with Gasteiger partial charge in [0, 0.05) is 18.8 Å². The van der Waals surface area contributed by atoms with Gasteiger partial charge in [-0.05, 0) is 36.8 Å². The third-order valence-electron chi connectivity index (χ3n) is 3.31. The first-order valence-electron chi connectivity index (χ1n) is 7.09. The molecular formula is C16H20N4O3. The van der Waals surface area contributed by atoms with Crippen molar-refractivity contribution in [2.24, 2.45) is 5.16 Å². The fraction of sp³-hybridized carbons (Fsp3) is 0.312. The summed E-state index contributed by atoms with van der Waals surface area (Å²) >= 11 is 0. The molecule has 0 aliphatic heterocycles. The van der Waals surface area contributed by atoms with E-state index in [-0.39, 0.29) is 18.2 Å². The number of oxime groups is 1. The molecule has 0 saturated heterocycles. The zero-order valence-corrected chi connectivity index (χ0v) is 13.7. The lowest BCUT2D eigenvalue weighted by Gasteiger charge is -2.04. The van der Waals surface area contributed by atoms with Crippen LogP contribution in [0.1, 0.15) is 5.56 Å². The molecule has 0 bridgehead atoms. The quantitative estimate of drug-likeness (QED) is 0.649. The van der Waals surface area contributed by atoms with Gasteiger partial charge in [0.25, 0.3) is 5.91 Å². The number of benzene rings is 1. The molecule has 0 spiro atoms. The molecule has 1 aromatic heterocycles. The van der Waals surface area contributed by atoms with Crippen LogP contribution in [0.3, 0.4) is 0 Å². The van der Waals surface area contributed by atoms with Crippen LogP contribution in [0.25, 0.3) is 11.3 Å². The Morgan fingerprint density at radius 1 is 1.30 bits per heavy atom. The van der Waals surface area contributed by atoms with Gasteiger partial charge in [0.1, 0.15) is 12.9 Å². The van der Waals surface area contributed by atoms with Crippen molar-refractivity contribution in [3.05, 3.63) is 36.0 Å². The maximum Gasteiger partial charge on any atom is 0.270 e. The Morgan fingerprint density at radius 2 is 2.00 bits per heavy atom. The third kappa shape index (κ3) is 3.88. The fourth-order valence-corrected chi connectivity index (χ4v) is 2.19. The van der Waals surface area contributed by atoms with Gasteiger partial charge in [0.05, 0.1) is 19.3 Å². The van der Waals surface area contributed by atoms with E-state index < -0.39 is 0 Å². The van der Waals surface area contributed by atoms with Gasteiger partial charge >= 0.3 is 0 Å². The van der Waals surface area contributed by atoms with E-state index in [9.17, 15) is 4.79 Å². The van der Waals surface area contributed by atoms with E-state index in [1.54, 1.807) is 18.8 Å². The van der Waals surface area contributed by atoms with Gasteiger partial charge in [0.2, 0.25) is 0 Å². The standard InChI is InChI=1S/C16H20N4O3/c1-11-9-20(10-14(19-23-4)16(21)17-2)18-15(11)12-5-7-13(22-3)8-6-12/h5-9H,10H2,1-4H3,(H,17,21)/b19-14-. The first-order valence-corrected chi connectivity index (χ1v) is 7.09. The monoisotopic (exact) mass is 316 g/mol. The molecule has 23 heavy (non-hydrogen) atoms. The Kier molecular flexibility index (Phi) is 5.35. The van der Waals surface area contributed by atoms with Crippen molar-refractivity contribution in [3.8, 4) is 17.0 Å². The van der Waals surface area contributed by atoms with Crippen LogP contribution in [0.2, 0.25) is 0 Å². The molecule has 0 atom stereocenters. The summed E-state index contributed by atoms with van der Waals surface area (Å²) in [6.45, 7) is 2.20. The normalized spacial score (nSPS) is 11.2. The Bertz CT molecular complexity index is 705. The summed E-state index contributed by atoms with van der Waals surface area (Å²) in [6.07, 6.45) is 1.87. The molecule has 7 heteroatoms. The van der Waals surface area contributed by atoms with Gasteiger partial charge in [0.15, 0.2) is 5.71 Å². The minimum Gasteiger partial charge on any atom is -0.497 e. The summed E-state index contributed by atoms with van der Waals surface area (Å²) in [4.78, 5) is 16.5. The van der Waals surface area contributed by atoms with E-state index in [0.717, 1.165) is 22.6 Å².